The number of benzene rings is 2. The summed E-state index contributed by atoms with van der Waals surface area (Å²) in [7, 11) is 0. The molecule has 1 aliphatic rings. The summed E-state index contributed by atoms with van der Waals surface area (Å²) in [5.41, 5.74) is 2.15. The summed E-state index contributed by atoms with van der Waals surface area (Å²) in [6.45, 7) is 0.231. The zero-order valence-electron chi connectivity index (χ0n) is 11.3. The Kier molecular flexibility index (Phi) is 4.44. The van der Waals surface area contributed by atoms with Crippen LogP contribution in [0.4, 0.5) is 10.1 Å². The van der Waals surface area contributed by atoms with Gasteiger partial charge in [0.25, 0.3) is 0 Å². The monoisotopic (exact) mass is 428 g/mol. The molecule has 0 spiro atoms. The van der Waals surface area contributed by atoms with E-state index in [0.29, 0.717) is 27.5 Å². The molecule has 0 aromatic heterocycles. The lowest BCUT2D eigenvalue weighted by molar-refractivity contribution is -0.108. The highest BCUT2D eigenvalue weighted by Gasteiger charge is 2.24. The van der Waals surface area contributed by atoms with Gasteiger partial charge in [-0.15, -0.1) is 0 Å². The van der Waals surface area contributed by atoms with Gasteiger partial charge in [-0.25, -0.2) is 4.39 Å². The number of hydrogen-bond donors (Lipinski definition) is 1. The molecule has 1 atom stereocenters. The van der Waals surface area contributed by atoms with E-state index in [4.69, 9.17) is 11.6 Å². The van der Waals surface area contributed by atoms with E-state index in [-0.39, 0.29) is 12.4 Å². The highest BCUT2D eigenvalue weighted by Crippen LogP contribution is 2.34. The maximum Gasteiger partial charge on any atom is 0.144 e. The maximum absolute atomic E-state index is 14.2. The molecule has 0 fully saturated rings. The third-order valence-electron chi connectivity index (χ3n) is 3.41. The Balaban J connectivity index is 2.27. The summed E-state index contributed by atoms with van der Waals surface area (Å²) < 4.78 is 15.0. The molecule has 1 heterocycles. The smallest absolute Gasteiger partial charge is 0.144 e. The van der Waals surface area contributed by atoms with E-state index in [0.717, 1.165) is 9.86 Å². The Morgan fingerprint density at radius 3 is 2.82 bits per heavy atom. The van der Waals surface area contributed by atoms with Gasteiger partial charge in [-0.05, 0) is 46.9 Å². The first-order valence-corrected chi connectivity index (χ1v) is 8.07. The quantitative estimate of drug-likeness (QED) is 0.582. The summed E-state index contributed by atoms with van der Waals surface area (Å²) in [6.07, 6.45) is 0.795. The number of rotatable bonds is 2. The van der Waals surface area contributed by atoms with Crippen LogP contribution in [0.2, 0.25) is 5.02 Å². The van der Waals surface area contributed by atoms with Crippen molar-refractivity contribution < 1.29 is 9.18 Å². The van der Waals surface area contributed by atoms with Crippen LogP contribution in [0, 0.1) is 9.39 Å². The minimum Gasteiger partial charge on any atom is -0.373 e. The molecule has 0 bridgehead atoms. The molecule has 0 amide bonds. The third kappa shape index (κ3) is 2.75. The largest absolute Gasteiger partial charge is 0.373 e. The number of aldehydes is 1. The molecule has 0 radical (unpaired) electrons. The van der Waals surface area contributed by atoms with E-state index in [1.807, 2.05) is 12.1 Å². The summed E-state index contributed by atoms with van der Waals surface area (Å²) >= 11 is 8.55. The number of nitrogens with one attached hydrogen (secondary N) is 1. The van der Waals surface area contributed by atoms with Crippen LogP contribution < -0.4 is 5.32 Å². The van der Waals surface area contributed by atoms with Crippen molar-refractivity contribution in [3.63, 3.8) is 0 Å². The van der Waals surface area contributed by atoms with Crippen molar-refractivity contribution >= 4 is 51.9 Å². The molecule has 2 aromatic carbocycles. The van der Waals surface area contributed by atoms with E-state index in [9.17, 15) is 9.18 Å². The topological polar surface area (TPSA) is 41.5 Å². The molecule has 1 unspecified atom stereocenters. The van der Waals surface area contributed by atoms with Crippen LogP contribution in [0.5, 0.6) is 0 Å². The molecule has 0 saturated heterocycles. The number of benzodiazepines with no additional fused rings is 1. The van der Waals surface area contributed by atoms with Gasteiger partial charge in [-0.3, -0.25) is 4.99 Å². The minimum absolute atomic E-state index is 0.231. The predicted octanol–water partition coefficient (Wildman–Crippen LogP) is 3.91. The number of anilines is 1. The van der Waals surface area contributed by atoms with Gasteiger partial charge < -0.3 is 10.1 Å². The summed E-state index contributed by atoms with van der Waals surface area (Å²) in [5, 5.41) is 3.60. The summed E-state index contributed by atoms with van der Waals surface area (Å²) in [5.74, 6) is -0.369. The lowest BCUT2D eigenvalue weighted by Gasteiger charge is -2.15. The Labute approximate surface area is 145 Å². The SMILES string of the molecule is O=CC1CN=C(c2ccccc2F)c2c(ccc(I)c2Cl)N1. The molecule has 1 N–H and O–H groups in total. The van der Waals surface area contributed by atoms with Gasteiger partial charge in [-0.1, -0.05) is 23.7 Å². The van der Waals surface area contributed by atoms with Crippen LogP contribution in [0.25, 0.3) is 0 Å². The number of carbonyl (C=O) groups is 1. The Morgan fingerprint density at radius 1 is 1.32 bits per heavy atom. The molecule has 0 aliphatic carbocycles. The highest BCUT2D eigenvalue weighted by molar-refractivity contribution is 14.1. The van der Waals surface area contributed by atoms with E-state index >= 15 is 0 Å². The van der Waals surface area contributed by atoms with Gasteiger partial charge in [0.05, 0.1) is 17.3 Å². The Hall–Kier alpha value is -1.47. The average molecular weight is 429 g/mol. The van der Waals surface area contributed by atoms with Crippen LogP contribution >= 0.6 is 34.2 Å². The molecule has 22 heavy (non-hydrogen) atoms. The van der Waals surface area contributed by atoms with Crippen LogP contribution in [0.3, 0.4) is 0 Å². The zero-order chi connectivity index (χ0) is 15.7. The number of aliphatic imine (C=N–C) groups is 1. The molecule has 2 aromatic rings. The number of nitrogens with zero attached hydrogens (tertiary/aromatic N) is 1. The Morgan fingerprint density at radius 2 is 2.09 bits per heavy atom. The van der Waals surface area contributed by atoms with E-state index in [1.54, 1.807) is 18.2 Å². The fourth-order valence-electron chi connectivity index (χ4n) is 2.37. The van der Waals surface area contributed by atoms with Crippen LogP contribution in [-0.4, -0.2) is 24.6 Å². The van der Waals surface area contributed by atoms with Crippen molar-refractivity contribution in [2.45, 2.75) is 6.04 Å². The van der Waals surface area contributed by atoms with Gasteiger partial charge in [0.2, 0.25) is 0 Å². The molecule has 6 heteroatoms. The number of fused-ring (bicyclic) bond motifs is 1. The van der Waals surface area contributed by atoms with Crippen molar-refractivity contribution in [1.82, 2.24) is 0 Å². The van der Waals surface area contributed by atoms with Crippen LogP contribution in [0.15, 0.2) is 41.4 Å². The standard InChI is InChI=1S/C16H11ClFIN2O/c17-15-12(19)5-6-13-14(15)16(20-7-9(8-22)21-13)10-3-1-2-4-11(10)18/h1-6,8-9,21H,7H2. The van der Waals surface area contributed by atoms with Crippen LogP contribution in [-0.2, 0) is 4.79 Å². The number of hydrogen-bond acceptors (Lipinski definition) is 3. The van der Waals surface area contributed by atoms with Crippen molar-refractivity contribution in [1.29, 1.82) is 0 Å². The predicted molar refractivity (Wildman–Crippen MR) is 94.5 cm³/mol. The summed E-state index contributed by atoms with van der Waals surface area (Å²) in [6, 6.07) is 9.64. The molecule has 0 saturated carbocycles. The molecule has 1 aliphatic heterocycles. The average Bonchev–Trinajstić information content (AvgIpc) is 2.71. The van der Waals surface area contributed by atoms with Gasteiger partial charge >= 0.3 is 0 Å². The number of carbonyl (C=O) groups excluding carboxylic acids is 1. The second kappa shape index (κ2) is 6.34. The Bertz CT molecular complexity index is 779. The van der Waals surface area contributed by atoms with Crippen LogP contribution in [0.1, 0.15) is 11.1 Å². The molecule has 3 rings (SSSR count). The molecular weight excluding hydrogens is 418 g/mol. The zero-order valence-corrected chi connectivity index (χ0v) is 14.2. The molecular formula is C16H11ClFIN2O. The fraction of sp³-hybridized carbons (Fsp3) is 0.125. The number of halogens is 3. The van der Waals surface area contributed by atoms with Gasteiger partial charge in [-0.2, -0.15) is 0 Å². The first kappa shape index (κ1) is 15.4. The van der Waals surface area contributed by atoms with Gasteiger partial charge in [0.15, 0.2) is 0 Å². The lowest BCUT2D eigenvalue weighted by Crippen LogP contribution is -2.23. The normalized spacial score (nSPS) is 17.0. The van der Waals surface area contributed by atoms with E-state index in [2.05, 4.69) is 32.9 Å². The second-order valence-electron chi connectivity index (χ2n) is 4.84. The second-order valence-corrected chi connectivity index (χ2v) is 6.38. The minimum atomic E-state index is -0.459. The van der Waals surface area contributed by atoms with Crippen molar-refractivity contribution in [3.8, 4) is 0 Å². The first-order chi connectivity index (χ1) is 10.6. The molecule has 112 valence electrons. The van der Waals surface area contributed by atoms with E-state index < -0.39 is 6.04 Å². The first-order valence-electron chi connectivity index (χ1n) is 6.61. The third-order valence-corrected chi connectivity index (χ3v) is 5.02. The van der Waals surface area contributed by atoms with Crippen molar-refractivity contribution in [2.75, 3.05) is 11.9 Å². The van der Waals surface area contributed by atoms with Gasteiger partial charge in [0.1, 0.15) is 18.1 Å². The van der Waals surface area contributed by atoms with E-state index in [1.165, 1.54) is 6.07 Å². The highest BCUT2D eigenvalue weighted by atomic mass is 127. The fourth-order valence-corrected chi connectivity index (χ4v) is 3.07. The molecule has 3 nitrogen and oxygen atoms in total. The van der Waals surface area contributed by atoms with Crippen molar-refractivity contribution in [2.24, 2.45) is 4.99 Å². The van der Waals surface area contributed by atoms with Crippen molar-refractivity contribution in [3.05, 3.63) is 61.9 Å². The lowest BCUT2D eigenvalue weighted by atomic mass is 10.00. The van der Waals surface area contributed by atoms with Gasteiger partial charge in [0, 0.05) is 20.4 Å². The maximum atomic E-state index is 14.2. The summed E-state index contributed by atoms with van der Waals surface area (Å²) in [4.78, 5) is 15.6.